The van der Waals surface area contributed by atoms with E-state index in [0.717, 1.165) is 22.3 Å². The average Bonchev–Trinajstić information content (AvgIpc) is 2.44. The molecule has 1 aromatic heterocycles. The van der Waals surface area contributed by atoms with E-state index in [-0.39, 0.29) is 5.03 Å². The van der Waals surface area contributed by atoms with E-state index in [9.17, 15) is 13.6 Å². The normalized spacial score (nSPS) is 13.1. The first-order valence-electron chi connectivity index (χ1n) is 7.16. The van der Waals surface area contributed by atoms with E-state index in [4.69, 9.17) is 0 Å². The molecule has 118 valence electrons. The molecule has 1 atom stereocenters. The van der Waals surface area contributed by atoms with Crippen molar-refractivity contribution in [3.63, 3.8) is 0 Å². The van der Waals surface area contributed by atoms with E-state index in [2.05, 4.69) is 0 Å². The lowest BCUT2D eigenvalue weighted by Crippen LogP contribution is -2.38. The molecule has 0 aliphatic carbocycles. The molecule has 0 saturated carbocycles. The molecule has 22 heavy (non-hydrogen) atoms. The number of nitrogens with zero attached hydrogens (tertiary/aromatic N) is 1. The summed E-state index contributed by atoms with van der Waals surface area (Å²) in [6, 6.07) is 8.84. The number of pyridine rings is 1. The quantitative estimate of drug-likeness (QED) is 0.645. The smallest absolute Gasteiger partial charge is 0.309 e. The van der Waals surface area contributed by atoms with Gasteiger partial charge in [0.15, 0.2) is 5.69 Å². The van der Waals surface area contributed by atoms with Crippen LogP contribution in [0.25, 0.3) is 0 Å². The van der Waals surface area contributed by atoms with Gasteiger partial charge in [-0.3, -0.25) is 0 Å². The average molecular weight is 319 g/mol. The van der Waals surface area contributed by atoms with Crippen molar-refractivity contribution >= 4 is 9.84 Å². The van der Waals surface area contributed by atoms with Crippen LogP contribution in [0, 0.1) is 32.9 Å². The lowest BCUT2D eigenvalue weighted by Gasteiger charge is -2.17. The van der Waals surface area contributed by atoms with Crippen molar-refractivity contribution in [1.82, 2.24) is 0 Å². The molecule has 1 heterocycles. The molecule has 0 amide bonds. The predicted molar refractivity (Wildman–Crippen MR) is 86.4 cm³/mol. The molecule has 0 bridgehead atoms. The molecule has 0 fully saturated rings. The molecule has 1 unspecified atom stereocenters. The van der Waals surface area contributed by atoms with Gasteiger partial charge in [-0.25, -0.2) is 8.42 Å². The molecule has 1 aromatic carbocycles. The summed E-state index contributed by atoms with van der Waals surface area (Å²) >= 11 is 0. The standard InChI is InChI=1S/C17H21NO3S/c1-11-6-7-13(3)16(9-11)15(5)22(20,21)17-10-12(2)8-14(4)18(17)19/h6-10,15H,1-5H3. The number of aryl methyl sites for hydroxylation is 4. The van der Waals surface area contributed by atoms with E-state index in [0.29, 0.717) is 10.4 Å². The van der Waals surface area contributed by atoms with Crippen LogP contribution >= 0.6 is 0 Å². The Labute approximate surface area is 131 Å². The van der Waals surface area contributed by atoms with Gasteiger partial charge in [0.1, 0.15) is 0 Å². The van der Waals surface area contributed by atoms with Crippen molar-refractivity contribution in [1.29, 1.82) is 0 Å². The fourth-order valence-electron chi connectivity index (χ4n) is 2.60. The van der Waals surface area contributed by atoms with E-state index >= 15 is 0 Å². The highest BCUT2D eigenvalue weighted by molar-refractivity contribution is 7.91. The molecule has 5 heteroatoms. The van der Waals surface area contributed by atoms with Crippen LogP contribution in [0.2, 0.25) is 0 Å². The molecule has 2 aromatic rings. The molecule has 0 aliphatic rings. The van der Waals surface area contributed by atoms with Crippen LogP contribution in [0.5, 0.6) is 0 Å². The minimum atomic E-state index is -3.76. The zero-order valence-corrected chi connectivity index (χ0v) is 14.4. The van der Waals surface area contributed by atoms with Crippen LogP contribution in [-0.4, -0.2) is 8.42 Å². The number of aromatic nitrogens is 1. The molecule has 0 saturated heterocycles. The molecule has 0 aliphatic heterocycles. The first-order valence-corrected chi connectivity index (χ1v) is 8.71. The topological polar surface area (TPSA) is 61.1 Å². The van der Waals surface area contributed by atoms with Crippen LogP contribution in [0.1, 0.15) is 40.1 Å². The summed E-state index contributed by atoms with van der Waals surface area (Å²) in [6.07, 6.45) is 0. The lowest BCUT2D eigenvalue weighted by atomic mass is 10.0. The van der Waals surface area contributed by atoms with Crippen molar-refractivity contribution in [3.8, 4) is 0 Å². The van der Waals surface area contributed by atoms with Crippen LogP contribution < -0.4 is 4.73 Å². The van der Waals surface area contributed by atoms with Crippen LogP contribution in [0.3, 0.4) is 0 Å². The van der Waals surface area contributed by atoms with Gasteiger partial charge in [-0.05, 0) is 44.4 Å². The van der Waals surface area contributed by atoms with Crippen LogP contribution in [0.15, 0.2) is 35.4 Å². The van der Waals surface area contributed by atoms with Gasteiger partial charge in [-0.2, -0.15) is 4.73 Å². The van der Waals surface area contributed by atoms with Gasteiger partial charge in [-0.1, -0.05) is 23.8 Å². The summed E-state index contributed by atoms with van der Waals surface area (Å²) in [5, 5.41) is 11.2. The lowest BCUT2D eigenvalue weighted by molar-refractivity contribution is -0.653. The second-order valence-corrected chi connectivity index (χ2v) is 8.07. The Morgan fingerprint density at radius 3 is 2.27 bits per heavy atom. The minimum absolute atomic E-state index is 0.182. The number of benzene rings is 1. The van der Waals surface area contributed by atoms with Crippen molar-refractivity contribution in [2.45, 2.75) is 44.9 Å². The highest BCUT2D eigenvalue weighted by Gasteiger charge is 2.33. The third-order valence-corrected chi connectivity index (χ3v) is 5.99. The van der Waals surface area contributed by atoms with Crippen molar-refractivity contribution in [2.75, 3.05) is 0 Å². The van der Waals surface area contributed by atoms with Crippen LogP contribution in [-0.2, 0) is 9.84 Å². The second-order valence-electron chi connectivity index (χ2n) is 5.85. The number of hydrogen-bond acceptors (Lipinski definition) is 3. The third-order valence-electron chi connectivity index (χ3n) is 3.94. The largest absolute Gasteiger partial charge is 0.618 e. The van der Waals surface area contributed by atoms with Gasteiger partial charge in [0.25, 0.3) is 0 Å². The Kier molecular flexibility index (Phi) is 4.29. The second kappa shape index (κ2) is 5.72. The zero-order valence-electron chi connectivity index (χ0n) is 13.5. The SMILES string of the molecule is Cc1ccc(C)c(C(C)S(=O)(=O)c2cc(C)cc(C)[n+]2[O-])c1. The van der Waals surface area contributed by atoms with Crippen molar-refractivity contribution in [3.05, 3.63) is 63.5 Å². The summed E-state index contributed by atoms with van der Waals surface area (Å²) in [4.78, 5) is 0. The maximum Gasteiger partial charge on any atom is 0.309 e. The highest BCUT2D eigenvalue weighted by Crippen LogP contribution is 2.30. The molecule has 0 N–H and O–H groups in total. The molecule has 0 spiro atoms. The van der Waals surface area contributed by atoms with Crippen LogP contribution in [0.4, 0.5) is 0 Å². The summed E-state index contributed by atoms with van der Waals surface area (Å²) in [6.45, 7) is 8.84. The first kappa shape index (κ1) is 16.5. The van der Waals surface area contributed by atoms with E-state index < -0.39 is 15.1 Å². The van der Waals surface area contributed by atoms with Crippen molar-refractivity contribution in [2.24, 2.45) is 0 Å². The minimum Gasteiger partial charge on any atom is -0.618 e. The van der Waals surface area contributed by atoms with Crippen molar-refractivity contribution < 1.29 is 13.1 Å². The van der Waals surface area contributed by atoms with Gasteiger partial charge in [0, 0.05) is 19.1 Å². The zero-order chi connectivity index (χ0) is 16.7. The Bertz CT molecular complexity index is 826. The summed E-state index contributed by atoms with van der Waals surface area (Å²) in [7, 11) is -3.76. The predicted octanol–water partition coefficient (Wildman–Crippen LogP) is 3.09. The highest BCUT2D eigenvalue weighted by atomic mass is 32.2. The fraction of sp³-hybridized carbons (Fsp3) is 0.353. The molecule has 4 nitrogen and oxygen atoms in total. The number of rotatable bonds is 3. The summed E-state index contributed by atoms with van der Waals surface area (Å²) in [5.41, 5.74) is 3.78. The molecule has 0 radical (unpaired) electrons. The van der Waals surface area contributed by atoms with Gasteiger partial charge in [-0.15, -0.1) is 0 Å². The maximum absolute atomic E-state index is 12.9. The summed E-state index contributed by atoms with van der Waals surface area (Å²) in [5.74, 6) is 0. The molecular formula is C17H21NO3S. The molecular weight excluding hydrogens is 298 g/mol. The van der Waals surface area contributed by atoms with Gasteiger partial charge in [0.2, 0.25) is 9.84 Å². The monoisotopic (exact) mass is 319 g/mol. The van der Waals surface area contributed by atoms with Gasteiger partial charge in [0.05, 0.1) is 5.25 Å². The third kappa shape index (κ3) is 2.86. The Morgan fingerprint density at radius 2 is 1.64 bits per heavy atom. The van der Waals surface area contributed by atoms with Gasteiger partial charge < -0.3 is 5.21 Å². The Hall–Kier alpha value is -1.88. The number of hydrogen-bond donors (Lipinski definition) is 0. The Morgan fingerprint density at radius 1 is 1.00 bits per heavy atom. The molecule has 2 rings (SSSR count). The summed E-state index contributed by atoms with van der Waals surface area (Å²) < 4.78 is 26.3. The van der Waals surface area contributed by atoms with E-state index in [1.54, 1.807) is 26.8 Å². The van der Waals surface area contributed by atoms with E-state index in [1.165, 1.54) is 6.07 Å². The van der Waals surface area contributed by atoms with Gasteiger partial charge >= 0.3 is 5.03 Å². The van der Waals surface area contributed by atoms with E-state index in [1.807, 2.05) is 32.0 Å². The number of sulfone groups is 1. The Balaban J connectivity index is 2.62. The first-order chi connectivity index (χ1) is 10.1. The fourth-order valence-corrected chi connectivity index (χ4v) is 4.28. The maximum atomic E-state index is 12.9.